The lowest BCUT2D eigenvalue weighted by Gasteiger charge is -2.17. The van der Waals surface area contributed by atoms with E-state index < -0.39 is 54.0 Å². The smallest absolute Gasteiger partial charge is 0.243 e. The Bertz CT molecular complexity index is 1210. The number of sulfone groups is 1. The molecule has 2 aromatic carbocycles. The van der Waals surface area contributed by atoms with Gasteiger partial charge in [0.1, 0.15) is 33.4 Å². The molecule has 0 unspecified atom stereocenters. The van der Waals surface area contributed by atoms with Crippen LogP contribution in [0.25, 0.3) is 0 Å². The quantitative estimate of drug-likeness (QED) is 0.564. The normalized spacial score (nSPS) is 13.3. The molecule has 1 heterocycles. The first-order chi connectivity index (χ1) is 13.6. The molecule has 0 saturated heterocycles. The second-order valence-electron chi connectivity index (χ2n) is 5.93. The lowest BCUT2D eigenvalue weighted by molar-refractivity contribution is 0.486. The van der Waals surface area contributed by atoms with Crippen molar-refractivity contribution in [1.82, 2.24) is 4.72 Å². The fourth-order valence-corrected chi connectivity index (χ4v) is 5.40. The maximum absolute atomic E-state index is 13.8. The highest BCUT2D eigenvalue weighted by Crippen LogP contribution is 2.29. The highest BCUT2D eigenvalue weighted by molar-refractivity contribution is 7.92. The van der Waals surface area contributed by atoms with Gasteiger partial charge in [0, 0.05) is 6.54 Å². The number of sulfonamides is 1. The first-order valence-corrected chi connectivity index (χ1v) is 11.1. The Morgan fingerprint density at radius 2 is 1.55 bits per heavy atom. The maximum Gasteiger partial charge on any atom is 0.243 e. The van der Waals surface area contributed by atoms with Gasteiger partial charge < -0.3 is 4.42 Å². The zero-order valence-corrected chi connectivity index (χ0v) is 16.2. The van der Waals surface area contributed by atoms with Gasteiger partial charge in [-0.25, -0.2) is 34.7 Å². The second-order valence-corrected chi connectivity index (χ2v) is 9.80. The van der Waals surface area contributed by atoms with Crippen molar-refractivity contribution in [2.24, 2.45) is 0 Å². The monoisotopic (exact) mass is 445 g/mol. The number of furan rings is 1. The van der Waals surface area contributed by atoms with Crippen LogP contribution in [0, 0.1) is 17.5 Å². The van der Waals surface area contributed by atoms with E-state index in [0.29, 0.717) is 12.1 Å². The summed E-state index contributed by atoms with van der Waals surface area (Å²) in [6.45, 7) is -0.731. The van der Waals surface area contributed by atoms with Crippen molar-refractivity contribution >= 4 is 19.9 Å². The van der Waals surface area contributed by atoms with E-state index in [1.807, 2.05) is 4.72 Å². The summed E-state index contributed by atoms with van der Waals surface area (Å²) in [7, 11) is -8.80. The minimum Gasteiger partial charge on any atom is -0.468 e. The van der Waals surface area contributed by atoms with Gasteiger partial charge in [-0.05, 0) is 54.6 Å². The molecule has 0 aliphatic carbocycles. The molecule has 3 rings (SSSR count). The lowest BCUT2D eigenvalue weighted by Crippen LogP contribution is -2.32. The lowest BCUT2D eigenvalue weighted by atomic mass is 10.3. The molecule has 0 amide bonds. The van der Waals surface area contributed by atoms with Crippen LogP contribution in [0.3, 0.4) is 0 Å². The van der Waals surface area contributed by atoms with Crippen LogP contribution in [0.2, 0.25) is 0 Å². The molecule has 0 aliphatic rings. The van der Waals surface area contributed by atoms with Gasteiger partial charge >= 0.3 is 0 Å². The minimum absolute atomic E-state index is 0.0864. The molecule has 154 valence electrons. The van der Waals surface area contributed by atoms with Crippen molar-refractivity contribution in [2.75, 3.05) is 6.54 Å². The molecule has 0 saturated carbocycles. The standard InChI is InChI=1S/C18H14F3NO5S2/c19-12-3-6-14(7-4-12)28(23,24)18(16-2-1-9-27-16)11-22-29(25,26)17-10-13(20)5-8-15(17)21/h1-10,18,22H,11H2/t18-/m0/s1. The van der Waals surface area contributed by atoms with E-state index in [0.717, 1.165) is 30.3 Å². The number of hydrogen-bond acceptors (Lipinski definition) is 5. The molecular weight excluding hydrogens is 431 g/mol. The zero-order chi connectivity index (χ0) is 21.2. The average Bonchev–Trinajstić information content (AvgIpc) is 3.18. The van der Waals surface area contributed by atoms with E-state index in [9.17, 15) is 30.0 Å². The summed E-state index contributed by atoms with van der Waals surface area (Å²) in [5.74, 6) is -2.92. The number of hydrogen-bond donors (Lipinski definition) is 1. The van der Waals surface area contributed by atoms with Crippen molar-refractivity contribution in [3.05, 3.63) is 84.1 Å². The fourth-order valence-electron chi connectivity index (χ4n) is 2.57. The molecule has 1 N–H and O–H groups in total. The van der Waals surface area contributed by atoms with Crippen LogP contribution in [-0.2, 0) is 19.9 Å². The summed E-state index contributed by atoms with van der Waals surface area (Å²) in [6, 6.07) is 8.54. The van der Waals surface area contributed by atoms with Crippen LogP contribution in [0.5, 0.6) is 0 Å². The zero-order valence-electron chi connectivity index (χ0n) is 14.5. The second kappa shape index (κ2) is 8.01. The largest absolute Gasteiger partial charge is 0.468 e. The van der Waals surface area contributed by atoms with E-state index >= 15 is 0 Å². The Kier molecular flexibility index (Phi) is 5.82. The van der Waals surface area contributed by atoms with Gasteiger partial charge in [-0.3, -0.25) is 0 Å². The van der Waals surface area contributed by atoms with E-state index in [1.54, 1.807) is 0 Å². The van der Waals surface area contributed by atoms with Crippen LogP contribution >= 0.6 is 0 Å². The predicted molar refractivity (Wildman–Crippen MR) is 96.6 cm³/mol. The maximum atomic E-state index is 13.8. The molecule has 29 heavy (non-hydrogen) atoms. The Morgan fingerprint density at radius 1 is 0.897 bits per heavy atom. The molecule has 0 fully saturated rings. The number of halogens is 3. The highest BCUT2D eigenvalue weighted by Gasteiger charge is 2.33. The summed E-state index contributed by atoms with van der Waals surface area (Å²) in [6.07, 6.45) is 1.20. The molecule has 0 aliphatic heterocycles. The average molecular weight is 445 g/mol. The SMILES string of the molecule is O=S(=O)(NC[C@@H](c1ccco1)S(=O)(=O)c1ccc(F)cc1)c1cc(F)ccc1F. The van der Waals surface area contributed by atoms with Gasteiger partial charge in [0.2, 0.25) is 10.0 Å². The number of benzene rings is 2. The van der Waals surface area contributed by atoms with Gasteiger partial charge in [0.05, 0.1) is 11.2 Å². The summed E-state index contributed by atoms with van der Waals surface area (Å²) in [5.41, 5.74) is 0. The minimum atomic E-state index is -4.58. The van der Waals surface area contributed by atoms with Crippen LogP contribution in [0.1, 0.15) is 11.0 Å². The molecule has 0 radical (unpaired) electrons. The van der Waals surface area contributed by atoms with E-state index in [-0.39, 0.29) is 10.7 Å². The van der Waals surface area contributed by atoms with Crippen LogP contribution in [0.4, 0.5) is 13.2 Å². The Balaban J connectivity index is 1.95. The summed E-state index contributed by atoms with van der Waals surface area (Å²) in [5, 5.41) is -1.53. The van der Waals surface area contributed by atoms with Crippen molar-refractivity contribution in [2.45, 2.75) is 15.0 Å². The summed E-state index contributed by atoms with van der Waals surface area (Å²) >= 11 is 0. The highest BCUT2D eigenvalue weighted by atomic mass is 32.2. The van der Waals surface area contributed by atoms with Crippen LogP contribution in [0.15, 0.2) is 75.1 Å². The summed E-state index contributed by atoms with van der Waals surface area (Å²) in [4.78, 5) is -1.23. The van der Waals surface area contributed by atoms with Crippen molar-refractivity contribution in [1.29, 1.82) is 0 Å². The molecule has 11 heteroatoms. The summed E-state index contributed by atoms with van der Waals surface area (Å²) < 4.78 is 98.1. The van der Waals surface area contributed by atoms with Crippen LogP contribution < -0.4 is 4.72 Å². The van der Waals surface area contributed by atoms with E-state index in [2.05, 4.69) is 0 Å². The van der Waals surface area contributed by atoms with Gasteiger partial charge in [-0.1, -0.05) is 0 Å². The van der Waals surface area contributed by atoms with Gasteiger partial charge in [0.15, 0.2) is 9.84 Å². The Hall–Kier alpha value is -2.63. The Labute approximate surface area is 165 Å². The molecule has 0 bridgehead atoms. The third-order valence-corrected chi connectivity index (χ3v) is 7.53. The molecular formula is C18H14F3NO5S2. The third-order valence-electron chi connectivity index (χ3n) is 4.02. The molecule has 6 nitrogen and oxygen atoms in total. The third kappa shape index (κ3) is 4.52. The topological polar surface area (TPSA) is 93.4 Å². The molecule has 1 atom stereocenters. The van der Waals surface area contributed by atoms with Crippen molar-refractivity contribution in [3.8, 4) is 0 Å². The number of nitrogens with one attached hydrogen (secondary N) is 1. The van der Waals surface area contributed by atoms with Gasteiger partial charge in [0.25, 0.3) is 0 Å². The van der Waals surface area contributed by atoms with E-state index in [4.69, 9.17) is 4.42 Å². The van der Waals surface area contributed by atoms with Crippen LogP contribution in [-0.4, -0.2) is 23.4 Å². The van der Waals surface area contributed by atoms with Gasteiger partial charge in [-0.2, -0.15) is 0 Å². The fraction of sp³-hybridized carbons (Fsp3) is 0.111. The molecule has 3 aromatic rings. The molecule has 1 aromatic heterocycles. The Morgan fingerprint density at radius 3 is 2.17 bits per heavy atom. The first kappa shape index (κ1) is 21.1. The number of rotatable bonds is 7. The first-order valence-electron chi connectivity index (χ1n) is 8.09. The van der Waals surface area contributed by atoms with Crippen molar-refractivity contribution < 1.29 is 34.4 Å². The predicted octanol–water partition coefficient (Wildman–Crippen LogP) is 3.19. The van der Waals surface area contributed by atoms with E-state index in [1.165, 1.54) is 18.4 Å². The van der Waals surface area contributed by atoms with Gasteiger partial charge in [-0.15, -0.1) is 0 Å². The van der Waals surface area contributed by atoms with Crippen molar-refractivity contribution in [3.63, 3.8) is 0 Å². The molecule has 0 spiro atoms.